The lowest BCUT2D eigenvalue weighted by Gasteiger charge is -2.39. The van der Waals surface area contributed by atoms with E-state index in [0.717, 1.165) is 24.1 Å². The number of carbonyl (C=O) groups excluding carboxylic acids is 3. The van der Waals surface area contributed by atoms with Crippen LogP contribution in [-0.4, -0.2) is 82.2 Å². The molecule has 3 aliphatic rings. The minimum atomic E-state index is -1.18. The van der Waals surface area contributed by atoms with Gasteiger partial charge in [0.1, 0.15) is 11.6 Å². The van der Waals surface area contributed by atoms with Gasteiger partial charge >= 0.3 is 0 Å². The Labute approximate surface area is 267 Å². The fourth-order valence-corrected chi connectivity index (χ4v) is 8.04. The Morgan fingerprint density at radius 1 is 1.02 bits per heavy atom. The molecule has 1 spiro atoms. The Morgan fingerprint density at radius 2 is 1.69 bits per heavy atom. The van der Waals surface area contributed by atoms with Gasteiger partial charge < -0.3 is 24.5 Å². The third kappa shape index (κ3) is 5.63. The Kier molecular flexibility index (Phi) is 9.94. The second-order valence-corrected chi connectivity index (χ2v) is 12.6. The summed E-state index contributed by atoms with van der Waals surface area (Å²) in [7, 11) is 0. The minimum absolute atomic E-state index is 0.200. The monoisotopic (exact) mass is 613 g/mol. The quantitative estimate of drug-likeness (QED) is 0.292. The van der Waals surface area contributed by atoms with E-state index < -0.39 is 35.1 Å². The predicted molar refractivity (Wildman–Crippen MR) is 175 cm³/mol. The van der Waals surface area contributed by atoms with E-state index in [2.05, 4.69) is 20.1 Å². The lowest BCUT2D eigenvalue weighted by Crippen LogP contribution is -2.59. The molecule has 8 nitrogen and oxygen atoms in total. The molecular weight excluding hydrogens is 566 g/mol. The molecule has 2 unspecified atom stereocenters. The van der Waals surface area contributed by atoms with Gasteiger partial charge in [0, 0.05) is 25.3 Å². The molecule has 0 saturated carbocycles. The van der Waals surface area contributed by atoms with Crippen molar-refractivity contribution in [3.05, 3.63) is 91.5 Å². The van der Waals surface area contributed by atoms with Crippen molar-refractivity contribution >= 4 is 23.4 Å². The van der Waals surface area contributed by atoms with Crippen LogP contribution in [0, 0.1) is 11.8 Å². The van der Waals surface area contributed by atoms with Crippen LogP contribution in [0.1, 0.15) is 51.5 Å². The largest absolute Gasteiger partial charge is 0.394 e. The molecule has 8 heteroatoms. The maximum Gasteiger partial charge on any atom is 0.248 e. The van der Waals surface area contributed by atoms with Crippen molar-refractivity contribution in [3.63, 3.8) is 0 Å². The lowest BCUT2D eigenvalue weighted by atomic mass is 9.64. The van der Waals surface area contributed by atoms with Crippen molar-refractivity contribution in [2.24, 2.45) is 11.8 Å². The number of unbranched alkanes of at least 4 members (excludes halogenated alkanes) is 1. The van der Waals surface area contributed by atoms with Gasteiger partial charge in [0.2, 0.25) is 17.7 Å². The van der Waals surface area contributed by atoms with Crippen molar-refractivity contribution in [2.45, 2.75) is 75.7 Å². The highest BCUT2D eigenvalue weighted by atomic mass is 16.5. The Hall–Kier alpha value is -3.75. The molecule has 2 bridgehead atoms. The summed E-state index contributed by atoms with van der Waals surface area (Å²) in [4.78, 5) is 49.4. The molecule has 3 amide bonds. The molecule has 3 aliphatic heterocycles. The SMILES string of the molecule is C=CCN(CCCC)C(=O)C1N([C@@H](CO)Cc2ccccc2)C(=O)[C@@H]2[C@H](C(=O)N(CC=C)c3ccccc3)[C@]3(CC)CCC12O3. The molecule has 3 heterocycles. The topological polar surface area (TPSA) is 90.4 Å². The molecule has 0 aliphatic carbocycles. The highest BCUT2D eigenvalue weighted by Gasteiger charge is 2.79. The zero-order chi connectivity index (χ0) is 32.2. The van der Waals surface area contributed by atoms with Gasteiger partial charge in [0.15, 0.2) is 0 Å². The Bertz CT molecular complexity index is 1380. The van der Waals surface area contributed by atoms with Gasteiger partial charge in [-0.3, -0.25) is 14.4 Å². The number of likely N-dealkylation sites (tertiary alicyclic amines) is 1. The molecule has 0 aromatic heterocycles. The zero-order valence-corrected chi connectivity index (χ0v) is 26.6. The standard InChI is InChI=1S/C37H47N3O5/c1-5-9-24-38(22-6-2)35(44)32-37-21-20-36(8-4,45-37)30(33(42)39(23-7-3)28-18-14-11-15-19-28)31(37)34(43)40(32)29(26-41)25-27-16-12-10-13-17-27/h6-7,10-19,29-32,41H,2-3,5,8-9,20-26H2,1,4H3/t29-,30-,31+,32?,36+,37?/m1/s1. The number of benzene rings is 2. The number of aliphatic hydroxyl groups is 1. The van der Waals surface area contributed by atoms with Crippen LogP contribution in [0.5, 0.6) is 0 Å². The van der Waals surface area contributed by atoms with Gasteiger partial charge in [0.25, 0.3) is 0 Å². The van der Waals surface area contributed by atoms with Crippen LogP contribution >= 0.6 is 0 Å². The molecule has 2 aromatic carbocycles. The van der Waals surface area contributed by atoms with E-state index in [0.29, 0.717) is 38.8 Å². The number of hydrogen-bond acceptors (Lipinski definition) is 5. The summed E-state index contributed by atoms with van der Waals surface area (Å²) in [5, 5.41) is 10.8. The van der Waals surface area contributed by atoms with E-state index in [9.17, 15) is 19.5 Å². The van der Waals surface area contributed by atoms with E-state index in [1.54, 1.807) is 26.9 Å². The first kappa shape index (κ1) is 32.6. The van der Waals surface area contributed by atoms with E-state index >= 15 is 0 Å². The summed E-state index contributed by atoms with van der Waals surface area (Å²) < 4.78 is 7.04. The maximum absolute atomic E-state index is 14.9. The van der Waals surface area contributed by atoms with Crippen molar-refractivity contribution in [1.29, 1.82) is 0 Å². The second-order valence-electron chi connectivity index (χ2n) is 12.6. The van der Waals surface area contributed by atoms with Crippen LogP contribution in [-0.2, 0) is 25.5 Å². The third-order valence-electron chi connectivity index (χ3n) is 10.1. The zero-order valence-electron chi connectivity index (χ0n) is 26.6. The highest BCUT2D eigenvalue weighted by Crippen LogP contribution is 2.65. The number of carbonyl (C=O) groups is 3. The lowest BCUT2D eigenvalue weighted by molar-refractivity contribution is -0.155. The normalized spacial score (nSPS) is 27.2. The smallest absolute Gasteiger partial charge is 0.248 e. The number of nitrogens with zero attached hydrogens (tertiary/aromatic N) is 3. The van der Waals surface area contributed by atoms with Crippen LogP contribution in [0.2, 0.25) is 0 Å². The molecule has 0 radical (unpaired) electrons. The van der Waals surface area contributed by atoms with Gasteiger partial charge in [0.05, 0.1) is 30.1 Å². The molecule has 3 saturated heterocycles. The van der Waals surface area contributed by atoms with Crippen molar-refractivity contribution in [1.82, 2.24) is 9.80 Å². The molecule has 1 N–H and O–H groups in total. The fraction of sp³-hybridized carbons (Fsp3) is 0.486. The summed E-state index contributed by atoms with van der Waals surface area (Å²) in [5.74, 6) is -2.35. The van der Waals surface area contributed by atoms with Crippen LogP contribution < -0.4 is 4.90 Å². The third-order valence-corrected chi connectivity index (χ3v) is 10.1. The number of ether oxygens (including phenoxy) is 1. The molecule has 6 atom stereocenters. The molecule has 3 fully saturated rings. The first-order valence-electron chi connectivity index (χ1n) is 16.4. The summed E-state index contributed by atoms with van der Waals surface area (Å²) in [6.07, 6.45) is 7.06. The summed E-state index contributed by atoms with van der Waals surface area (Å²) in [6, 6.07) is 17.4. The van der Waals surface area contributed by atoms with Gasteiger partial charge in [-0.05, 0) is 49.8 Å². The summed E-state index contributed by atoms with van der Waals surface area (Å²) in [6.45, 7) is 12.7. The maximum atomic E-state index is 14.9. The average molecular weight is 614 g/mol. The molecular formula is C37H47N3O5. The average Bonchev–Trinajstić information content (AvgIpc) is 3.68. The Balaban J connectivity index is 1.63. The van der Waals surface area contributed by atoms with E-state index in [1.807, 2.05) is 67.6 Å². The first-order valence-corrected chi connectivity index (χ1v) is 16.4. The number of para-hydroxylation sites is 1. The van der Waals surface area contributed by atoms with E-state index in [1.165, 1.54) is 0 Å². The van der Waals surface area contributed by atoms with Gasteiger partial charge in [-0.2, -0.15) is 0 Å². The van der Waals surface area contributed by atoms with E-state index in [4.69, 9.17) is 4.74 Å². The number of hydrogen-bond donors (Lipinski definition) is 1. The van der Waals surface area contributed by atoms with Gasteiger partial charge in [-0.15, -0.1) is 13.2 Å². The minimum Gasteiger partial charge on any atom is -0.394 e. The van der Waals surface area contributed by atoms with E-state index in [-0.39, 0.29) is 30.9 Å². The predicted octanol–water partition coefficient (Wildman–Crippen LogP) is 4.78. The van der Waals surface area contributed by atoms with Crippen LogP contribution in [0.4, 0.5) is 5.69 Å². The first-order chi connectivity index (χ1) is 21.8. The van der Waals surface area contributed by atoms with Crippen molar-refractivity contribution in [3.8, 4) is 0 Å². The molecule has 2 aromatic rings. The van der Waals surface area contributed by atoms with Crippen LogP contribution in [0.25, 0.3) is 0 Å². The molecule has 5 rings (SSSR count). The molecule has 240 valence electrons. The number of anilines is 1. The summed E-state index contributed by atoms with van der Waals surface area (Å²) in [5.41, 5.74) is -0.397. The number of fused-ring (bicyclic) bond motifs is 1. The van der Waals surface area contributed by atoms with Crippen molar-refractivity contribution in [2.75, 3.05) is 31.1 Å². The van der Waals surface area contributed by atoms with Gasteiger partial charge in [-0.25, -0.2) is 0 Å². The Morgan fingerprint density at radius 3 is 2.29 bits per heavy atom. The van der Waals surface area contributed by atoms with Gasteiger partial charge in [-0.1, -0.05) is 81.0 Å². The summed E-state index contributed by atoms with van der Waals surface area (Å²) >= 11 is 0. The number of amides is 3. The van der Waals surface area contributed by atoms with Crippen LogP contribution in [0.15, 0.2) is 86.0 Å². The fourth-order valence-electron chi connectivity index (χ4n) is 8.04. The second kappa shape index (κ2) is 13.7. The molecule has 45 heavy (non-hydrogen) atoms. The van der Waals surface area contributed by atoms with Crippen LogP contribution in [0.3, 0.4) is 0 Å². The highest BCUT2D eigenvalue weighted by molar-refractivity contribution is 6.03. The van der Waals surface area contributed by atoms with Crippen molar-refractivity contribution < 1.29 is 24.2 Å². The number of aliphatic hydroxyl groups excluding tert-OH is 1. The number of rotatable bonds is 15.